The van der Waals surface area contributed by atoms with Gasteiger partial charge in [-0.3, -0.25) is 4.79 Å². The van der Waals surface area contributed by atoms with Crippen LogP contribution in [0.1, 0.15) is 12.5 Å². The van der Waals surface area contributed by atoms with Gasteiger partial charge in [-0.2, -0.15) is 0 Å². The molecule has 0 fully saturated rings. The number of nitrogens with one attached hydrogen (secondary N) is 2. The first-order valence-corrected chi connectivity index (χ1v) is 6.68. The number of carbonyl (C=O) groups is 2. The maximum absolute atomic E-state index is 11.5. The van der Waals surface area contributed by atoms with Crippen molar-refractivity contribution < 1.29 is 14.7 Å². The van der Waals surface area contributed by atoms with Gasteiger partial charge in [-0.25, -0.2) is 4.79 Å². The van der Waals surface area contributed by atoms with Gasteiger partial charge in [-0.1, -0.05) is 18.2 Å². The topological polar surface area (TPSA) is 78.4 Å². The fourth-order valence-corrected chi connectivity index (χ4v) is 2.62. The minimum Gasteiger partial charge on any atom is -0.480 e. The van der Waals surface area contributed by atoms with Gasteiger partial charge in [0.2, 0.25) is 0 Å². The van der Waals surface area contributed by atoms with Crippen molar-refractivity contribution in [3.8, 4) is 0 Å². The number of rotatable bonds is 4. The Morgan fingerprint density at radius 2 is 2.11 bits per heavy atom. The molecule has 0 spiro atoms. The standard InChI is InChI=1S/C13H14N2O3S/c1-8(12(16)17)15-13(18)14-6-9-7-19-11-5-3-2-4-10(9)11/h2-5,7-8H,6H2,1H3,(H,16,17)(H2,14,15,18). The van der Waals surface area contributed by atoms with Crippen molar-refractivity contribution in [1.82, 2.24) is 10.6 Å². The van der Waals surface area contributed by atoms with E-state index in [0.717, 1.165) is 10.9 Å². The zero-order valence-corrected chi connectivity index (χ0v) is 11.2. The number of carbonyl (C=O) groups excluding carboxylic acids is 1. The fraction of sp³-hybridized carbons (Fsp3) is 0.231. The van der Waals surface area contributed by atoms with Crippen molar-refractivity contribution in [3.05, 3.63) is 35.2 Å². The van der Waals surface area contributed by atoms with Crippen LogP contribution < -0.4 is 10.6 Å². The third-order valence-corrected chi connectivity index (χ3v) is 3.73. The highest BCUT2D eigenvalue weighted by Crippen LogP contribution is 2.25. The minimum atomic E-state index is -1.06. The maximum Gasteiger partial charge on any atom is 0.325 e. The molecule has 0 bridgehead atoms. The molecule has 0 saturated carbocycles. The molecule has 0 radical (unpaired) electrons. The summed E-state index contributed by atoms with van der Waals surface area (Å²) in [6, 6.07) is 6.56. The summed E-state index contributed by atoms with van der Waals surface area (Å²) in [5, 5.41) is 16.8. The van der Waals surface area contributed by atoms with E-state index in [-0.39, 0.29) is 0 Å². The van der Waals surface area contributed by atoms with Crippen molar-refractivity contribution in [1.29, 1.82) is 0 Å². The summed E-state index contributed by atoms with van der Waals surface area (Å²) in [5.74, 6) is -1.06. The van der Waals surface area contributed by atoms with Crippen molar-refractivity contribution in [2.24, 2.45) is 0 Å². The Bertz CT molecular complexity index is 609. The van der Waals surface area contributed by atoms with E-state index in [9.17, 15) is 9.59 Å². The maximum atomic E-state index is 11.5. The summed E-state index contributed by atoms with van der Waals surface area (Å²) in [7, 11) is 0. The highest BCUT2D eigenvalue weighted by atomic mass is 32.1. The molecule has 6 heteroatoms. The molecule has 2 amide bonds. The Morgan fingerprint density at radius 1 is 1.37 bits per heavy atom. The molecule has 1 aromatic heterocycles. The summed E-state index contributed by atoms with van der Waals surface area (Å²) < 4.78 is 1.17. The van der Waals surface area contributed by atoms with Crippen LogP contribution in [0.3, 0.4) is 0 Å². The first-order valence-electron chi connectivity index (χ1n) is 5.80. The van der Waals surface area contributed by atoms with Crippen molar-refractivity contribution in [2.75, 3.05) is 0 Å². The van der Waals surface area contributed by atoms with Gasteiger partial charge in [0.1, 0.15) is 6.04 Å². The monoisotopic (exact) mass is 278 g/mol. The number of hydrogen-bond donors (Lipinski definition) is 3. The quantitative estimate of drug-likeness (QED) is 0.802. The number of amides is 2. The van der Waals surface area contributed by atoms with Crippen LogP contribution in [-0.4, -0.2) is 23.1 Å². The first kappa shape index (κ1) is 13.4. The van der Waals surface area contributed by atoms with Crippen LogP contribution in [0.15, 0.2) is 29.6 Å². The van der Waals surface area contributed by atoms with E-state index in [1.54, 1.807) is 11.3 Å². The van der Waals surface area contributed by atoms with Crippen molar-refractivity contribution in [3.63, 3.8) is 0 Å². The molecule has 0 aliphatic heterocycles. The van der Waals surface area contributed by atoms with Crippen molar-refractivity contribution in [2.45, 2.75) is 19.5 Å². The summed E-state index contributed by atoms with van der Waals surface area (Å²) in [6.45, 7) is 1.80. The van der Waals surface area contributed by atoms with Crippen LogP contribution in [0.5, 0.6) is 0 Å². The third kappa shape index (κ3) is 3.23. The third-order valence-electron chi connectivity index (χ3n) is 2.72. The number of thiophene rings is 1. The molecular weight excluding hydrogens is 264 g/mol. The number of benzene rings is 1. The highest BCUT2D eigenvalue weighted by Gasteiger charge is 2.13. The van der Waals surface area contributed by atoms with Crippen LogP contribution >= 0.6 is 11.3 Å². The summed E-state index contributed by atoms with van der Waals surface area (Å²) in [5.41, 5.74) is 1.03. The van der Waals surface area contributed by atoms with Gasteiger partial charge in [0, 0.05) is 11.2 Å². The van der Waals surface area contributed by atoms with Gasteiger partial charge in [0.05, 0.1) is 0 Å². The lowest BCUT2D eigenvalue weighted by Gasteiger charge is -2.10. The predicted molar refractivity (Wildman–Crippen MR) is 74.3 cm³/mol. The lowest BCUT2D eigenvalue weighted by Crippen LogP contribution is -2.44. The summed E-state index contributed by atoms with van der Waals surface area (Å²) in [6.07, 6.45) is 0. The zero-order chi connectivity index (χ0) is 13.8. The van der Waals surface area contributed by atoms with E-state index in [4.69, 9.17) is 5.11 Å². The fourth-order valence-electron chi connectivity index (χ4n) is 1.65. The molecular formula is C13H14N2O3S. The molecule has 100 valence electrons. The second-order valence-corrected chi connectivity index (χ2v) is 5.06. The minimum absolute atomic E-state index is 0.377. The molecule has 19 heavy (non-hydrogen) atoms. The van der Waals surface area contributed by atoms with Gasteiger partial charge in [-0.05, 0) is 29.3 Å². The van der Waals surface area contributed by atoms with E-state index in [0.29, 0.717) is 6.54 Å². The SMILES string of the molecule is CC(NC(=O)NCc1csc2ccccc12)C(=O)O. The second-order valence-electron chi connectivity index (χ2n) is 4.14. The molecule has 1 unspecified atom stereocenters. The van der Waals surface area contributed by atoms with Crippen LogP contribution in [0.4, 0.5) is 4.79 Å². The highest BCUT2D eigenvalue weighted by molar-refractivity contribution is 7.17. The van der Waals surface area contributed by atoms with Gasteiger partial charge >= 0.3 is 12.0 Å². The molecule has 1 aromatic carbocycles. The van der Waals surface area contributed by atoms with Crippen LogP contribution in [0.25, 0.3) is 10.1 Å². The molecule has 0 aliphatic rings. The van der Waals surface area contributed by atoms with Gasteiger partial charge < -0.3 is 15.7 Å². The molecule has 0 saturated heterocycles. The average molecular weight is 278 g/mol. The second kappa shape index (κ2) is 5.71. The molecule has 3 N–H and O–H groups in total. The number of aliphatic carboxylic acids is 1. The van der Waals surface area contributed by atoms with E-state index in [1.807, 2.05) is 29.6 Å². The smallest absolute Gasteiger partial charge is 0.325 e. The zero-order valence-electron chi connectivity index (χ0n) is 10.3. The van der Waals surface area contributed by atoms with Crippen LogP contribution in [0.2, 0.25) is 0 Å². The Kier molecular flexibility index (Phi) is 4.01. The Hall–Kier alpha value is -2.08. The van der Waals surface area contributed by atoms with Crippen LogP contribution in [0, 0.1) is 0 Å². The van der Waals surface area contributed by atoms with Gasteiger partial charge in [0.25, 0.3) is 0 Å². The number of hydrogen-bond acceptors (Lipinski definition) is 3. The number of carboxylic acid groups (broad SMARTS) is 1. The van der Waals surface area contributed by atoms with E-state index >= 15 is 0 Å². The molecule has 5 nitrogen and oxygen atoms in total. The number of fused-ring (bicyclic) bond motifs is 1. The van der Waals surface area contributed by atoms with Crippen molar-refractivity contribution >= 4 is 33.4 Å². The van der Waals surface area contributed by atoms with Crippen LogP contribution in [-0.2, 0) is 11.3 Å². The number of carboxylic acids is 1. The van der Waals surface area contributed by atoms with E-state index in [1.165, 1.54) is 11.6 Å². The predicted octanol–water partition coefficient (Wildman–Crippen LogP) is 2.17. The number of urea groups is 1. The largest absolute Gasteiger partial charge is 0.480 e. The Morgan fingerprint density at radius 3 is 2.84 bits per heavy atom. The first-order chi connectivity index (χ1) is 9.08. The Balaban J connectivity index is 1.95. The molecule has 2 rings (SSSR count). The summed E-state index contributed by atoms with van der Waals surface area (Å²) >= 11 is 1.62. The Labute approximate surface area is 114 Å². The molecule has 1 atom stereocenters. The normalized spacial score (nSPS) is 12.1. The lowest BCUT2D eigenvalue weighted by molar-refractivity contribution is -0.138. The van der Waals surface area contributed by atoms with Gasteiger partial charge in [-0.15, -0.1) is 11.3 Å². The average Bonchev–Trinajstić information content (AvgIpc) is 2.79. The molecule has 2 aromatic rings. The van der Waals surface area contributed by atoms with E-state index < -0.39 is 18.0 Å². The lowest BCUT2D eigenvalue weighted by atomic mass is 10.2. The van der Waals surface area contributed by atoms with E-state index in [2.05, 4.69) is 10.6 Å². The molecule has 0 aliphatic carbocycles. The summed E-state index contributed by atoms with van der Waals surface area (Å²) in [4.78, 5) is 22.1. The van der Waals surface area contributed by atoms with Gasteiger partial charge in [0.15, 0.2) is 0 Å². The molecule has 1 heterocycles.